The molecule has 0 aliphatic rings. The zero-order chi connectivity index (χ0) is 16.3. The summed E-state index contributed by atoms with van der Waals surface area (Å²) in [5.74, 6) is 0.353. The summed E-state index contributed by atoms with van der Waals surface area (Å²) in [6.45, 7) is 0.416. The van der Waals surface area contributed by atoms with Gasteiger partial charge >= 0.3 is 6.36 Å². The van der Waals surface area contributed by atoms with Crippen molar-refractivity contribution in [2.75, 3.05) is 5.32 Å². The quantitative estimate of drug-likeness (QED) is 0.785. The Morgan fingerprint density at radius 2 is 1.65 bits per heavy atom. The zero-order valence-electron chi connectivity index (χ0n) is 11.8. The highest BCUT2D eigenvalue weighted by Crippen LogP contribution is 2.23. The van der Waals surface area contributed by atoms with Crippen LogP contribution in [0.3, 0.4) is 0 Å². The molecule has 1 aromatic heterocycles. The van der Waals surface area contributed by atoms with Gasteiger partial charge in [0.1, 0.15) is 11.6 Å². The van der Waals surface area contributed by atoms with Crippen molar-refractivity contribution < 1.29 is 17.9 Å². The molecular weight excluding hydrogens is 307 g/mol. The van der Waals surface area contributed by atoms with Gasteiger partial charge < -0.3 is 10.1 Å². The third kappa shape index (κ3) is 4.09. The van der Waals surface area contributed by atoms with Gasteiger partial charge in [-0.25, -0.2) is 4.98 Å². The van der Waals surface area contributed by atoms with Crippen molar-refractivity contribution in [2.24, 2.45) is 0 Å². The molecule has 0 aliphatic carbocycles. The van der Waals surface area contributed by atoms with Crippen molar-refractivity contribution in [1.29, 1.82) is 0 Å². The van der Waals surface area contributed by atoms with E-state index in [1.165, 1.54) is 12.1 Å². The van der Waals surface area contributed by atoms with Crippen molar-refractivity contribution >= 4 is 16.9 Å². The lowest BCUT2D eigenvalue weighted by molar-refractivity contribution is -0.274. The van der Waals surface area contributed by atoms with Crippen LogP contribution in [0, 0.1) is 0 Å². The summed E-state index contributed by atoms with van der Waals surface area (Å²) in [5.41, 5.74) is 2.37. The third-order valence-corrected chi connectivity index (χ3v) is 3.08. The number of nitrogens with zero attached hydrogens (tertiary/aromatic N) is 2. The van der Waals surface area contributed by atoms with E-state index in [4.69, 9.17) is 0 Å². The lowest BCUT2D eigenvalue weighted by Crippen LogP contribution is -2.17. The number of nitrogens with one attached hydrogen (secondary N) is 1. The van der Waals surface area contributed by atoms with Crippen LogP contribution >= 0.6 is 0 Å². The molecule has 0 spiro atoms. The molecule has 0 saturated carbocycles. The highest BCUT2D eigenvalue weighted by molar-refractivity contribution is 5.75. The number of hydrogen-bond acceptors (Lipinski definition) is 4. The SMILES string of the molecule is FC(F)(F)Oc1ccc(CNc2cnc3ccccc3n2)cc1. The van der Waals surface area contributed by atoms with E-state index in [-0.39, 0.29) is 5.75 Å². The fourth-order valence-electron chi connectivity index (χ4n) is 2.04. The minimum absolute atomic E-state index is 0.244. The van der Waals surface area contributed by atoms with Gasteiger partial charge in [0.2, 0.25) is 0 Å². The van der Waals surface area contributed by atoms with Crippen LogP contribution < -0.4 is 10.1 Å². The summed E-state index contributed by atoms with van der Waals surface area (Å²) in [5, 5.41) is 3.08. The minimum Gasteiger partial charge on any atom is -0.406 e. The van der Waals surface area contributed by atoms with Gasteiger partial charge in [-0.1, -0.05) is 24.3 Å². The van der Waals surface area contributed by atoms with E-state index >= 15 is 0 Å². The Labute approximate surface area is 129 Å². The fraction of sp³-hybridized carbons (Fsp3) is 0.125. The van der Waals surface area contributed by atoms with Crippen LogP contribution in [0.2, 0.25) is 0 Å². The summed E-state index contributed by atoms with van der Waals surface area (Å²) in [7, 11) is 0. The average Bonchev–Trinajstić information content (AvgIpc) is 2.52. The molecule has 118 valence electrons. The summed E-state index contributed by atoms with van der Waals surface area (Å²) in [4.78, 5) is 8.69. The van der Waals surface area contributed by atoms with Gasteiger partial charge in [-0.15, -0.1) is 13.2 Å². The monoisotopic (exact) mass is 319 g/mol. The maximum atomic E-state index is 12.1. The van der Waals surface area contributed by atoms with Gasteiger partial charge in [-0.3, -0.25) is 4.98 Å². The number of hydrogen-bond donors (Lipinski definition) is 1. The van der Waals surface area contributed by atoms with E-state index in [0.717, 1.165) is 16.6 Å². The van der Waals surface area contributed by atoms with Crippen LogP contribution in [0.25, 0.3) is 11.0 Å². The molecule has 0 saturated heterocycles. The first-order valence-electron chi connectivity index (χ1n) is 6.80. The van der Waals surface area contributed by atoms with Crippen molar-refractivity contribution in [2.45, 2.75) is 12.9 Å². The standard InChI is InChI=1S/C16H12F3N3O/c17-16(18,19)23-12-7-5-11(6-8-12)9-21-15-10-20-13-3-1-2-4-14(13)22-15/h1-8,10H,9H2,(H,21,22). The third-order valence-electron chi connectivity index (χ3n) is 3.08. The smallest absolute Gasteiger partial charge is 0.406 e. The topological polar surface area (TPSA) is 47.0 Å². The average molecular weight is 319 g/mol. The van der Waals surface area contributed by atoms with Gasteiger partial charge in [0, 0.05) is 6.54 Å². The van der Waals surface area contributed by atoms with Gasteiger partial charge in [0.15, 0.2) is 0 Å². The Morgan fingerprint density at radius 3 is 2.35 bits per heavy atom. The lowest BCUT2D eigenvalue weighted by Gasteiger charge is -2.10. The summed E-state index contributed by atoms with van der Waals surface area (Å²) < 4.78 is 40.1. The predicted molar refractivity (Wildman–Crippen MR) is 80.0 cm³/mol. The minimum atomic E-state index is -4.68. The Bertz CT molecular complexity index is 804. The molecule has 0 bridgehead atoms. The second-order valence-electron chi connectivity index (χ2n) is 4.79. The number of alkyl halides is 3. The summed E-state index contributed by atoms with van der Waals surface area (Å²) in [6.07, 6.45) is -3.07. The first-order valence-corrected chi connectivity index (χ1v) is 6.80. The second kappa shape index (κ2) is 6.12. The number of aromatic nitrogens is 2. The van der Waals surface area contributed by atoms with E-state index in [9.17, 15) is 13.2 Å². The first kappa shape index (κ1) is 15.1. The van der Waals surface area contributed by atoms with Crippen molar-refractivity contribution in [3.8, 4) is 5.75 Å². The van der Waals surface area contributed by atoms with Crippen LogP contribution in [-0.4, -0.2) is 16.3 Å². The molecule has 0 fully saturated rings. The largest absolute Gasteiger partial charge is 0.573 e. The molecule has 4 nitrogen and oxygen atoms in total. The number of para-hydroxylation sites is 2. The van der Waals surface area contributed by atoms with Crippen LogP contribution in [-0.2, 0) is 6.54 Å². The lowest BCUT2D eigenvalue weighted by atomic mass is 10.2. The molecule has 3 aromatic rings. The fourth-order valence-corrected chi connectivity index (χ4v) is 2.04. The molecule has 3 rings (SSSR count). The van der Waals surface area contributed by atoms with Crippen LogP contribution in [0.4, 0.5) is 19.0 Å². The molecule has 0 radical (unpaired) electrons. The predicted octanol–water partition coefficient (Wildman–Crippen LogP) is 4.14. The summed E-state index contributed by atoms with van der Waals surface area (Å²) in [6, 6.07) is 13.1. The Morgan fingerprint density at radius 1 is 0.957 bits per heavy atom. The van der Waals surface area contributed by atoms with E-state index in [1.807, 2.05) is 24.3 Å². The maximum Gasteiger partial charge on any atom is 0.573 e. The molecule has 1 heterocycles. The van der Waals surface area contributed by atoms with Crippen molar-refractivity contribution in [1.82, 2.24) is 9.97 Å². The molecular formula is C16H12F3N3O. The van der Waals surface area contributed by atoms with Crippen molar-refractivity contribution in [3.05, 3.63) is 60.3 Å². The Hall–Kier alpha value is -2.83. The molecule has 23 heavy (non-hydrogen) atoms. The normalized spacial score (nSPS) is 11.4. The molecule has 0 amide bonds. The molecule has 1 N–H and O–H groups in total. The second-order valence-corrected chi connectivity index (χ2v) is 4.79. The molecule has 0 unspecified atom stereocenters. The van der Waals surface area contributed by atoms with Crippen LogP contribution in [0.15, 0.2) is 54.7 Å². The number of anilines is 1. The number of ether oxygens (including phenoxy) is 1. The Balaban J connectivity index is 1.65. The van der Waals surface area contributed by atoms with E-state index in [1.54, 1.807) is 18.3 Å². The van der Waals surface area contributed by atoms with Gasteiger partial charge in [-0.05, 0) is 29.8 Å². The summed E-state index contributed by atoms with van der Waals surface area (Å²) >= 11 is 0. The first-order chi connectivity index (χ1) is 11.0. The highest BCUT2D eigenvalue weighted by atomic mass is 19.4. The molecule has 7 heteroatoms. The maximum absolute atomic E-state index is 12.1. The van der Waals surface area contributed by atoms with E-state index in [0.29, 0.717) is 12.4 Å². The number of rotatable bonds is 4. The van der Waals surface area contributed by atoms with Gasteiger partial charge in [-0.2, -0.15) is 0 Å². The zero-order valence-corrected chi connectivity index (χ0v) is 11.8. The van der Waals surface area contributed by atoms with E-state index < -0.39 is 6.36 Å². The van der Waals surface area contributed by atoms with E-state index in [2.05, 4.69) is 20.0 Å². The van der Waals surface area contributed by atoms with Gasteiger partial charge in [0.25, 0.3) is 0 Å². The van der Waals surface area contributed by atoms with Crippen LogP contribution in [0.1, 0.15) is 5.56 Å². The van der Waals surface area contributed by atoms with Crippen molar-refractivity contribution in [3.63, 3.8) is 0 Å². The number of halogens is 3. The molecule has 2 aromatic carbocycles. The molecule has 0 aliphatic heterocycles. The Kier molecular flexibility index (Phi) is 4.01. The number of benzene rings is 2. The highest BCUT2D eigenvalue weighted by Gasteiger charge is 2.30. The molecule has 0 atom stereocenters. The number of fused-ring (bicyclic) bond motifs is 1. The van der Waals surface area contributed by atoms with Gasteiger partial charge in [0.05, 0.1) is 17.2 Å². The van der Waals surface area contributed by atoms with Crippen LogP contribution in [0.5, 0.6) is 5.75 Å².